The summed E-state index contributed by atoms with van der Waals surface area (Å²) in [6, 6.07) is 7.68. The van der Waals surface area contributed by atoms with Gasteiger partial charge in [0, 0.05) is 24.3 Å². The molecule has 0 fully saturated rings. The van der Waals surface area contributed by atoms with E-state index in [1.54, 1.807) is 10.9 Å². The predicted molar refractivity (Wildman–Crippen MR) is 82.2 cm³/mol. The van der Waals surface area contributed by atoms with E-state index < -0.39 is 0 Å². The van der Waals surface area contributed by atoms with E-state index in [9.17, 15) is 0 Å². The Hall–Kier alpha value is -2.34. The molecule has 0 unspecified atom stereocenters. The van der Waals surface area contributed by atoms with Crippen LogP contribution >= 0.6 is 11.6 Å². The Morgan fingerprint density at radius 1 is 1.29 bits per heavy atom. The number of aromatic nitrogens is 4. The highest BCUT2D eigenvalue weighted by Crippen LogP contribution is 2.27. The number of hydrogen-bond donors (Lipinski definition) is 1. The summed E-state index contributed by atoms with van der Waals surface area (Å²) in [5.41, 5.74) is 0.904. The summed E-state index contributed by atoms with van der Waals surface area (Å²) >= 11 is 6.37. The standard InChI is InChI=1S/C14H13ClN6/c15-11-4-1-3-10-13(11)21(9-12-16-6-7-17-12)19-14(10)20-8-2-5-18-20/h1-5,8H,6-7,9H2,(H,16,17). The van der Waals surface area contributed by atoms with Crippen molar-refractivity contribution in [2.24, 2.45) is 4.99 Å². The van der Waals surface area contributed by atoms with Crippen LogP contribution in [0, 0.1) is 0 Å². The molecule has 0 saturated heterocycles. The number of aliphatic imine (C=N–C) groups is 1. The second-order valence-electron chi connectivity index (χ2n) is 4.82. The molecule has 1 aliphatic heterocycles. The van der Waals surface area contributed by atoms with Gasteiger partial charge in [0.15, 0.2) is 5.82 Å². The minimum atomic E-state index is 0.585. The fourth-order valence-electron chi connectivity index (χ4n) is 2.55. The maximum absolute atomic E-state index is 6.37. The lowest BCUT2D eigenvalue weighted by Crippen LogP contribution is -2.24. The molecule has 0 amide bonds. The molecular weight excluding hydrogens is 288 g/mol. The van der Waals surface area contributed by atoms with Crippen molar-refractivity contribution in [1.82, 2.24) is 24.9 Å². The lowest BCUT2D eigenvalue weighted by molar-refractivity contribution is 0.710. The Balaban J connectivity index is 1.90. The molecule has 0 aliphatic carbocycles. The lowest BCUT2D eigenvalue weighted by Gasteiger charge is -2.05. The minimum Gasteiger partial charge on any atom is -0.370 e. The van der Waals surface area contributed by atoms with E-state index in [0.29, 0.717) is 11.6 Å². The largest absolute Gasteiger partial charge is 0.370 e. The molecule has 0 radical (unpaired) electrons. The molecule has 6 nitrogen and oxygen atoms in total. The van der Waals surface area contributed by atoms with Gasteiger partial charge in [-0.2, -0.15) is 10.2 Å². The summed E-state index contributed by atoms with van der Waals surface area (Å²) in [4.78, 5) is 4.42. The Labute approximate surface area is 126 Å². The van der Waals surface area contributed by atoms with Gasteiger partial charge in [-0.15, -0.1) is 0 Å². The number of halogens is 1. The van der Waals surface area contributed by atoms with Crippen molar-refractivity contribution in [3.63, 3.8) is 0 Å². The van der Waals surface area contributed by atoms with Crippen molar-refractivity contribution >= 4 is 28.3 Å². The number of hydrogen-bond acceptors (Lipinski definition) is 4. The third kappa shape index (κ3) is 2.08. The maximum atomic E-state index is 6.37. The van der Waals surface area contributed by atoms with Crippen molar-refractivity contribution in [3.8, 4) is 5.82 Å². The van der Waals surface area contributed by atoms with Gasteiger partial charge in [-0.05, 0) is 18.2 Å². The average Bonchev–Trinajstić information content (AvgIpc) is 3.19. The zero-order chi connectivity index (χ0) is 14.2. The zero-order valence-electron chi connectivity index (χ0n) is 11.2. The molecule has 3 aromatic rings. The van der Waals surface area contributed by atoms with Gasteiger partial charge in [0.1, 0.15) is 5.84 Å². The van der Waals surface area contributed by atoms with Crippen molar-refractivity contribution in [3.05, 3.63) is 41.7 Å². The number of nitrogens with one attached hydrogen (secondary N) is 1. The van der Waals surface area contributed by atoms with Crippen molar-refractivity contribution < 1.29 is 0 Å². The van der Waals surface area contributed by atoms with Crippen molar-refractivity contribution in [2.45, 2.75) is 6.54 Å². The topological polar surface area (TPSA) is 60.0 Å². The minimum absolute atomic E-state index is 0.585. The maximum Gasteiger partial charge on any atom is 0.183 e. The Bertz CT molecular complexity index is 817. The van der Waals surface area contributed by atoms with E-state index in [4.69, 9.17) is 11.6 Å². The molecule has 0 atom stereocenters. The lowest BCUT2D eigenvalue weighted by atomic mass is 10.2. The van der Waals surface area contributed by atoms with E-state index in [2.05, 4.69) is 20.5 Å². The van der Waals surface area contributed by atoms with Crippen LogP contribution in [0.25, 0.3) is 16.7 Å². The third-order valence-corrected chi connectivity index (χ3v) is 3.77. The first-order valence-corrected chi connectivity index (χ1v) is 7.13. The first-order valence-electron chi connectivity index (χ1n) is 6.75. The molecule has 1 aliphatic rings. The van der Waals surface area contributed by atoms with Gasteiger partial charge >= 0.3 is 0 Å². The van der Waals surface area contributed by atoms with E-state index in [1.165, 1.54) is 0 Å². The second-order valence-corrected chi connectivity index (χ2v) is 5.23. The number of nitrogens with zero attached hydrogens (tertiary/aromatic N) is 5. The monoisotopic (exact) mass is 300 g/mol. The third-order valence-electron chi connectivity index (χ3n) is 3.47. The highest BCUT2D eigenvalue weighted by atomic mass is 35.5. The number of fused-ring (bicyclic) bond motifs is 1. The number of amidine groups is 1. The molecule has 106 valence electrons. The number of para-hydroxylation sites is 1. The number of benzene rings is 1. The van der Waals surface area contributed by atoms with Gasteiger partial charge in [0.25, 0.3) is 0 Å². The fourth-order valence-corrected chi connectivity index (χ4v) is 2.82. The van der Waals surface area contributed by atoms with Crippen LogP contribution in [0.15, 0.2) is 41.7 Å². The van der Waals surface area contributed by atoms with E-state index in [0.717, 1.165) is 35.6 Å². The summed E-state index contributed by atoms with van der Waals surface area (Å²) < 4.78 is 3.63. The van der Waals surface area contributed by atoms with Crippen molar-refractivity contribution in [2.75, 3.05) is 13.1 Å². The number of rotatable bonds is 3. The van der Waals surface area contributed by atoms with E-state index in [-0.39, 0.29) is 0 Å². The Morgan fingerprint density at radius 2 is 2.24 bits per heavy atom. The van der Waals surface area contributed by atoms with Gasteiger partial charge < -0.3 is 5.32 Å². The van der Waals surface area contributed by atoms with Gasteiger partial charge in [-0.25, -0.2) is 4.68 Å². The van der Waals surface area contributed by atoms with Crippen LogP contribution in [0.4, 0.5) is 0 Å². The van der Waals surface area contributed by atoms with Gasteiger partial charge in [0.2, 0.25) is 0 Å². The molecule has 0 spiro atoms. The first-order chi connectivity index (χ1) is 10.3. The smallest absolute Gasteiger partial charge is 0.183 e. The fraction of sp³-hybridized carbons (Fsp3) is 0.214. The molecule has 2 aromatic heterocycles. The van der Waals surface area contributed by atoms with Crippen LogP contribution in [0.3, 0.4) is 0 Å². The summed E-state index contributed by atoms with van der Waals surface area (Å²) in [5.74, 6) is 1.71. The molecule has 0 saturated carbocycles. The van der Waals surface area contributed by atoms with Crippen LogP contribution < -0.4 is 5.32 Å². The van der Waals surface area contributed by atoms with Gasteiger partial charge in [-0.3, -0.25) is 9.67 Å². The zero-order valence-corrected chi connectivity index (χ0v) is 12.0. The first kappa shape index (κ1) is 12.4. The highest BCUT2D eigenvalue weighted by Gasteiger charge is 2.17. The molecule has 7 heteroatoms. The summed E-state index contributed by atoms with van der Waals surface area (Å²) in [6.07, 6.45) is 3.61. The normalized spacial score (nSPS) is 14.4. The summed E-state index contributed by atoms with van der Waals surface area (Å²) in [5, 5.41) is 13.8. The molecular formula is C14H13ClN6. The van der Waals surface area contributed by atoms with Crippen LogP contribution in [0.1, 0.15) is 0 Å². The Morgan fingerprint density at radius 3 is 3.00 bits per heavy atom. The van der Waals surface area contributed by atoms with Crippen molar-refractivity contribution in [1.29, 1.82) is 0 Å². The molecule has 1 N–H and O–H groups in total. The highest BCUT2D eigenvalue weighted by molar-refractivity contribution is 6.35. The van der Waals surface area contributed by atoms with Gasteiger partial charge in [-0.1, -0.05) is 17.7 Å². The quantitative estimate of drug-likeness (QED) is 0.803. The predicted octanol–water partition coefficient (Wildman–Crippen LogP) is 1.88. The second kappa shape index (κ2) is 4.89. The van der Waals surface area contributed by atoms with Crippen LogP contribution in [0.5, 0.6) is 0 Å². The van der Waals surface area contributed by atoms with E-state index in [1.807, 2.05) is 35.1 Å². The van der Waals surface area contributed by atoms with Crippen LogP contribution in [-0.4, -0.2) is 38.5 Å². The summed E-state index contributed by atoms with van der Waals surface area (Å²) in [6.45, 7) is 2.28. The van der Waals surface area contributed by atoms with Gasteiger partial charge in [0.05, 0.1) is 23.6 Å². The Kier molecular flexibility index (Phi) is 2.89. The summed E-state index contributed by atoms with van der Waals surface area (Å²) in [7, 11) is 0. The molecule has 1 aromatic carbocycles. The molecule has 21 heavy (non-hydrogen) atoms. The molecule has 3 heterocycles. The van der Waals surface area contributed by atoms with E-state index >= 15 is 0 Å². The van der Waals surface area contributed by atoms with Crippen LogP contribution in [-0.2, 0) is 6.54 Å². The van der Waals surface area contributed by atoms with Crippen LogP contribution in [0.2, 0.25) is 5.02 Å². The molecule has 4 rings (SSSR count). The molecule has 0 bridgehead atoms. The average molecular weight is 301 g/mol. The SMILES string of the molecule is Clc1cccc2c(-n3cccn3)nn(CC3=NCCN3)c12.